The first kappa shape index (κ1) is 14.2. The minimum absolute atomic E-state index is 0.0810. The second kappa shape index (κ2) is 6.38. The molecule has 1 atom stereocenters. The number of rotatable bonds is 5. The minimum Gasteiger partial charge on any atom is -0.461 e. The molecule has 3 heterocycles. The molecule has 2 aromatic heterocycles. The summed E-state index contributed by atoms with van der Waals surface area (Å²) in [6.07, 6.45) is 1.59. The van der Waals surface area contributed by atoms with Gasteiger partial charge in [-0.15, -0.1) is 0 Å². The van der Waals surface area contributed by atoms with Crippen LogP contribution in [0.15, 0.2) is 27.3 Å². The molecular formula is C14H20N4O3. The van der Waals surface area contributed by atoms with Gasteiger partial charge in [0.1, 0.15) is 0 Å². The van der Waals surface area contributed by atoms with Gasteiger partial charge in [-0.2, -0.15) is 4.98 Å². The van der Waals surface area contributed by atoms with Crippen molar-refractivity contribution in [3.05, 3.63) is 24.3 Å². The maximum absolute atomic E-state index is 8.97. The van der Waals surface area contributed by atoms with Gasteiger partial charge >= 0.3 is 0 Å². The molecule has 3 rings (SSSR count). The van der Waals surface area contributed by atoms with Gasteiger partial charge in [0.05, 0.1) is 18.9 Å². The van der Waals surface area contributed by atoms with Gasteiger partial charge in [0.25, 0.3) is 0 Å². The zero-order chi connectivity index (χ0) is 14.7. The zero-order valence-corrected chi connectivity index (χ0v) is 12.1. The molecule has 0 bridgehead atoms. The standard InChI is InChI=1S/C14H20N4O3/c1-11(18-6-4-17(5-7-18)8-9-19)14-15-13(16-21-14)12-3-2-10-20-12/h2-3,10-11,19H,4-9H2,1H3/t11-/m0/s1. The van der Waals surface area contributed by atoms with Crippen LogP contribution in [-0.4, -0.2) is 64.4 Å². The van der Waals surface area contributed by atoms with Crippen LogP contribution < -0.4 is 0 Å². The van der Waals surface area contributed by atoms with Crippen molar-refractivity contribution >= 4 is 0 Å². The van der Waals surface area contributed by atoms with E-state index in [9.17, 15) is 0 Å². The van der Waals surface area contributed by atoms with Crippen LogP contribution in [0.3, 0.4) is 0 Å². The van der Waals surface area contributed by atoms with Gasteiger partial charge in [-0.25, -0.2) is 0 Å². The Kier molecular flexibility index (Phi) is 4.33. The summed E-state index contributed by atoms with van der Waals surface area (Å²) < 4.78 is 10.6. The maximum Gasteiger partial charge on any atom is 0.244 e. The number of β-amino-alcohol motifs (C(OH)–C–C–N with tert-alkyl or cyclic N) is 1. The number of hydrogen-bond donors (Lipinski definition) is 1. The molecule has 0 amide bonds. The van der Waals surface area contributed by atoms with Gasteiger partial charge in [0.15, 0.2) is 5.76 Å². The Bertz CT molecular complexity index is 546. The van der Waals surface area contributed by atoms with E-state index >= 15 is 0 Å². The van der Waals surface area contributed by atoms with E-state index in [1.807, 2.05) is 6.07 Å². The summed E-state index contributed by atoms with van der Waals surface area (Å²) in [5.41, 5.74) is 0. The third-order valence-electron chi connectivity index (χ3n) is 3.91. The molecule has 0 spiro atoms. The normalized spacial score (nSPS) is 19.0. The van der Waals surface area contributed by atoms with Crippen LogP contribution in [0.5, 0.6) is 0 Å². The molecule has 2 aromatic rings. The van der Waals surface area contributed by atoms with Crippen LogP contribution in [0.25, 0.3) is 11.6 Å². The lowest BCUT2D eigenvalue weighted by Crippen LogP contribution is -2.47. The highest BCUT2D eigenvalue weighted by Gasteiger charge is 2.26. The first-order valence-corrected chi connectivity index (χ1v) is 7.22. The van der Waals surface area contributed by atoms with Gasteiger partial charge in [-0.3, -0.25) is 9.80 Å². The molecule has 1 N–H and O–H groups in total. The quantitative estimate of drug-likeness (QED) is 0.880. The van der Waals surface area contributed by atoms with Crippen molar-refractivity contribution in [1.82, 2.24) is 19.9 Å². The van der Waals surface area contributed by atoms with Crippen molar-refractivity contribution in [3.8, 4) is 11.6 Å². The van der Waals surface area contributed by atoms with E-state index in [1.165, 1.54) is 0 Å². The summed E-state index contributed by atoms with van der Waals surface area (Å²) in [7, 11) is 0. The Hall–Kier alpha value is -1.70. The van der Waals surface area contributed by atoms with Crippen molar-refractivity contribution in [2.75, 3.05) is 39.3 Å². The third kappa shape index (κ3) is 3.15. The molecule has 1 fully saturated rings. The van der Waals surface area contributed by atoms with Gasteiger partial charge < -0.3 is 14.0 Å². The molecule has 1 saturated heterocycles. The Labute approximate surface area is 123 Å². The van der Waals surface area contributed by atoms with Crippen LogP contribution in [0, 0.1) is 0 Å². The smallest absolute Gasteiger partial charge is 0.244 e. The second-order valence-corrected chi connectivity index (χ2v) is 5.21. The zero-order valence-electron chi connectivity index (χ0n) is 12.1. The third-order valence-corrected chi connectivity index (χ3v) is 3.91. The van der Waals surface area contributed by atoms with Crippen LogP contribution in [0.1, 0.15) is 18.9 Å². The topological polar surface area (TPSA) is 78.8 Å². The van der Waals surface area contributed by atoms with Gasteiger partial charge in [-0.1, -0.05) is 5.16 Å². The van der Waals surface area contributed by atoms with E-state index in [-0.39, 0.29) is 12.6 Å². The van der Waals surface area contributed by atoms with E-state index in [2.05, 4.69) is 26.9 Å². The number of furan rings is 1. The number of hydrogen-bond acceptors (Lipinski definition) is 7. The summed E-state index contributed by atoms with van der Waals surface area (Å²) in [5, 5.41) is 12.9. The van der Waals surface area contributed by atoms with Crippen LogP contribution in [0.4, 0.5) is 0 Å². The predicted molar refractivity (Wildman–Crippen MR) is 75.5 cm³/mol. The number of aromatic nitrogens is 2. The van der Waals surface area contributed by atoms with Crippen LogP contribution in [0.2, 0.25) is 0 Å². The number of aliphatic hydroxyl groups is 1. The lowest BCUT2D eigenvalue weighted by molar-refractivity contribution is 0.0776. The number of nitrogens with zero attached hydrogens (tertiary/aromatic N) is 4. The molecule has 0 aliphatic carbocycles. The lowest BCUT2D eigenvalue weighted by Gasteiger charge is -2.36. The molecule has 21 heavy (non-hydrogen) atoms. The SMILES string of the molecule is C[C@@H](c1nc(-c2ccco2)no1)N1CCN(CCO)CC1. The van der Waals surface area contributed by atoms with Crippen molar-refractivity contribution in [2.24, 2.45) is 0 Å². The summed E-state index contributed by atoms with van der Waals surface area (Å²) in [5.74, 6) is 1.71. The van der Waals surface area contributed by atoms with Crippen LogP contribution >= 0.6 is 0 Å². The van der Waals surface area contributed by atoms with Crippen molar-refractivity contribution in [1.29, 1.82) is 0 Å². The highest BCUT2D eigenvalue weighted by molar-refractivity contribution is 5.44. The summed E-state index contributed by atoms with van der Waals surface area (Å²) in [4.78, 5) is 8.98. The molecular weight excluding hydrogens is 272 g/mol. The van der Waals surface area contributed by atoms with Gasteiger partial charge in [0.2, 0.25) is 11.7 Å². The van der Waals surface area contributed by atoms with Crippen molar-refractivity contribution < 1.29 is 14.0 Å². The first-order valence-electron chi connectivity index (χ1n) is 7.22. The monoisotopic (exact) mass is 292 g/mol. The molecule has 7 heteroatoms. The van der Waals surface area contributed by atoms with Crippen molar-refractivity contribution in [2.45, 2.75) is 13.0 Å². The molecule has 0 saturated carbocycles. The van der Waals surface area contributed by atoms with E-state index in [0.29, 0.717) is 17.5 Å². The molecule has 114 valence electrons. The maximum atomic E-state index is 8.97. The lowest BCUT2D eigenvalue weighted by atomic mass is 10.2. The van der Waals surface area contributed by atoms with E-state index in [1.54, 1.807) is 12.3 Å². The average molecular weight is 292 g/mol. The van der Waals surface area contributed by atoms with E-state index in [0.717, 1.165) is 32.7 Å². The molecule has 0 aromatic carbocycles. The Balaban J connectivity index is 1.62. The van der Waals surface area contributed by atoms with Crippen molar-refractivity contribution in [3.63, 3.8) is 0 Å². The van der Waals surface area contributed by atoms with Gasteiger partial charge in [-0.05, 0) is 19.1 Å². The van der Waals surface area contributed by atoms with E-state index < -0.39 is 0 Å². The highest BCUT2D eigenvalue weighted by atomic mass is 16.5. The molecule has 0 radical (unpaired) electrons. The molecule has 1 aliphatic rings. The summed E-state index contributed by atoms with van der Waals surface area (Å²) in [6.45, 7) is 6.78. The minimum atomic E-state index is 0.0810. The highest BCUT2D eigenvalue weighted by Crippen LogP contribution is 2.23. The molecule has 0 unspecified atom stereocenters. The Morgan fingerprint density at radius 2 is 2.14 bits per heavy atom. The fourth-order valence-electron chi connectivity index (χ4n) is 2.58. The fraction of sp³-hybridized carbons (Fsp3) is 0.571. The van der Waals surface area contributed by atoms with Crippen LogP contribution in [-0.2, 0) is 0 Å². The fourth-order valence-corrected chi connectivity index (χ4v) is 2.58. The molecule has 1 aliphatic heterocycles. The number of piperazine rings is 1. The average Bonchev–Trinajstić information content (AvgIpc) is 3.19. The number of aliphatic hydroxyl groups excluding tert-OH is 1. The Morgan fingerprint density at radius 1 is 1.33 bits per heavy atom. The van der Waals surface area contributed by atoms with Gasteiger partial charge in [0, 0.05) is 32.7 Å². The largest absolute Gasteiger partial charge is 0.461 e. The first-order chi connectivity index (χ1) is 10.3. The Morgan fingerprint density at radius 3 is 2.81 bits per heavy atom. The molecule has 7 nitrogen and oxygen atoms in total. The van der Waals surface area contributed by atoms with E-state index in [4.69, 9.17) is 14.0 Å². The second-order valence-electron chi connectivity index (χ2n) is 5.21. The predicted octanol–water partition coefficient (Wildman–Crippen LogP) is 1.00. The summed E-state index contributed by atoms with van der Waals surface area (Å²) >= 11 is 0. The summed E-state index contributed by atoms with van der Waals surface area (Å²) in [6, 6.07) is 3.69.